The Hall–Kier alpha value is -3.53. The number of esters is 1. The van der Waals surface area contributed by atoms with Crippen molar-refractivity contribution in [2.45, 2.75) is 25.3 Å². The first-order valence-corrected chi connectivity index (χ1v) is 10.9. The van der Waals surface area contributed by atoms with Gasteiger partial charge in [-0.05, 0) is 36.8 Å². The van der Waals surface area contributed by atoms with E-state index in [1.54, 1.807) is 31.2 Å². The second-order valence-electron chi connectivity index (χ2n) is 7.77. The molecule has 3 aromatic rings. The molecule has 0 fully saturated rings. The third-order valence-corrected chi connectivity index (χ3v) is 6.72. The standard InChI is InChI=1S/C23H18F2N2O5S/c1-23-17(20(29)30-2)18(14-5-3-4-6-15(14)32-23)27-19(28)16(33-22(27)26-23)11-12-7-9-13(10-8-12)31-21(24)25/h3-11,17-18,21H,1-2H3/b16-11+/t17-,18+,23+/m1/s1. The third kappa shape index (κ3) is 3.50. The Balaban J connectivity index is 1.67. The van der Waals surface area contributed by atoms with Crippen LogP contribution in [-0.4, -0.2) is 30.0 Å². The molecule has 0 spiro atoms. The predicted octanol–water partition coefficient (Wildman–Crippen LogP) is 2.46. The van der Waals surface area contributed by atoms with E-state index in [2.05, 4.69) is 9.73 Å². The van der Waals surface area contributed by atoms with Gasteiger partial charge in [0.1, 0.15) is 17.4 Å². The highest BCUT2D eigenvalue weighted by molar-refractivity contribution is 7.07. The van der Waals surface area contributed by atoms with Crippen LogP contribution in [-0.2, 0) is 9.53 Å². The zero-order valence-electron chi connectivity index (χ0n) is 17.5. The van der Waals surface area contributed by atoms with Crippen molar-refractivity contribution in [3.63, 3.8) is 0 Å². The zero-order valence-corrected chi connectivity index (χ0v) is 18.3. The van der Waals surface area contributed by atoms with Gasteiger partial charge in [-0.2, -0.15) is 8.78 Å². The minimum absolute atomic E-state index is 0.0238. The summed E-state index contributed by atoms with van der Waals surface area (Å²) >= 11 is 1.17. The van der Waals surface area contributed by atoms with Gasteiger partial charge in [0.2, 0.25) is 5.72 Å². The molecule has 0 unspecified atom stereocenters. The maximum Gasteiger partial charge on any atom is 0.387 e. The number of methoxy groups -OCH3 is 1. The Labute approximate surface area is 190 Å². The molecule has 2 aliphatic rings. The minimum atomic E-state index is -2.91. The Kier molecular flexibility index (Phi) is 5.04. The Morgan fingerprint density at radius 3 is 2.67 bits per heavy atom. The lowest BCUT2D eigenvalue weighted by Gasteiger charge is -2.44. The summed E-state index contributed by atoms with van der Waals surface area (Å²) in [6.07, 6.45) is 1.65. The van der Waals surface area contributed by atoms with Gasteiger partial charge in [0.05, 0.1) is 17.7 Å². The van der Waals surface area contributed by atoms with Crippen LogP contribution in [0.4, 0.5) is 8.78 Å². The van der Waals surface area contributed by atoms with E-state index in [0.29, 0.717) is 26.2 Å². The molecule has 0 aliphatic carbocycles. The summed E-state index contributed by atoms with van der Waals surface area (Å²) in [5, 5.41) is 0. The number of benzene rings is 2. The number of nitrogens with zero attached hydrogens (tertiary/aromatic N) is 2. The number of alkyl halides is 2. The van der Waals surface area contributed by atoms with Crippen molar-refractivity contribution >= 4 is 23.4 Å². The number of halogens is 2. The Morgan fingerprint density at radius 2 is 1.97 bits per heavy atom. The largest absolute Gasteiger partial charge is 0.469 e. The van der Waals surface area contributed by atoms with Gasteiger partial charge < -0.3 is 14.2 Å². The maximum atomic E-state index is 13.5. The fraction of sp³-hybridized carbons (Fsp3) is 0.261. The van der Waals surface area contributed by atoms with Crippen LogP contribution in [0.3, 0.4) is 0 Å². The van der Waals surface area contributed by atoms with E-state index in [1.807, 2.05) is 18.2 Å². The van der Waals surface area contributed by atoms with Gasteiger partial charge in [-0.1, -0.05) is 41.7 Å². The highest BCUT2D eigenvalue weighted by Gasteiger charge is 2.55. The number of ether oxygens (including phenoxy) is 3. The van der Waals surface area contributed by atoms with Crippen LogP contribution < -0.4 is 24.4 Å². The number of fused-ring (bicyclic) bond motifs is 6. The second kappa shape index (κ2) is 7.80. The number of para-hydroxylation sites is 1. The Morgan fingerprint density at radius 1 is 1.24 bits per heavy atom. The van der Waals surface area contributed by atoms with E-state index in [4.69, 9.17) is 9.47 Å². The molecule has 0 amide bonds. The number of hydrogen-bond acceptors (Lipinski definition) is 7. The molecule has 0 saturated heterocycles. The van der Waals surface area contributed by atoms with Crippen molar-refractivity contribution in [2.75, 3.05) is 7.11 Å². The van der Waals surface area contributed by atoms with Crippen LogP contribution in [0.5, 0.6) is 11.5 Å². The molecule has 3 atom stereocenters. The van der Waals surface area contributed by atoms with E-state index in [9.17, 15) is 18.4 Å². The fourth-order valence-electron chi connectivity index (χ4n) is 4.33. The molecule has 7 nitrogen and oxygen atoms in total. The molecule has 5 rings (SSSR count). The first-order chi connectivity index (χ1) is 15.8. The summed E-state index contributed by atoms with van der Waals surface area (Å²) in [4.78, 5) is 31.3. The van der Waals surface area contributed by atoms with Gasteiger partial charge in [-0.15, -0.1) is 0 Å². The molecule has 170 valence electrons. The van der Waals surface area contributed by atoms with E-state index in [0.717, 1.165) is 0 Å². The molecule has 0 radical (unpaired) electrons. The lowest BCUT2D eigenvalue weighted by molar-refractivity contribution is -0.158. The molecule has 10 heteroatoms. The van der Waals surface area contributed by atoms with Crippen LogP contribution in [0.25, 0.3) is 6.08 Å². The molecule has 2 aliphatic heterocycles. The second-order valence-corrected chi connectivity index (χ2v) is 8.78. The average Bonchev–Trinajstić information content (AvgIpc) is 3.07. The summed E-state index contributed by atoms with van der Waals surface area (Å²) in [6.45, 7) is -1.21. The van der Waals surface area contributed by atoms with Crippen molar-refractivity contribution in [1.29, 1.82) is 0 Å². The molecular formula is C23H18F2N2O5S. The van der Waals surface area contributed by atoms with Crippen molar-refractivity contribution < 1.29 is 27.8 Å². The topological polar surface area (TPSA) is 79.1 Å². The van der Waals surface area contributed by atoms with Gasteiger partial charge in [-0.3, -0.25) is 14.2 Å². The molecule has 3 heterocycles. The molecular weight excluding hydrogens is 454 g/mol. The minimum Gasteiger partial charge on any atom is -0.469 e. The van der Waals surface area contributed by atoms with Crippen LogP contribution in [0.1, 0.15) is 24.1 Å². The number of thiazole rings is 1. The monoisotopic (exact) mass is 472 g/mol. The van der Waals surface area contributed by atoms with Gasteiger partial charge >= 0.3 is 12.6 Å². The molecule has 0 N–H and O–H groups in total. The highest BCUT2D eigenvalue weighted by Crippen LogP contribution is 2.47. The fourth-order valence-corrected chi connectivity index (χ4v) is 5.43. The normalized spacial score (nSPS) is 23.2. The van der Waals surface area contributed by atoms with Gasteiger partial charge in [0, 0.05) is 5.56 Å². The van der Waals surface area contributed by atoms with E-state index in [1.165, 1.54) is 35.1 Å². The van der Waals surface area contributed by atoms with Crippen LogP contribution in [0.2, 0.25) is 0 Å². The molecule has 33 heavy (non-hydrogen) atoms. The molecule has 2 bridgehead atoms. The van der Waals surface area contributed by atoms with Crippen molar-refractivity contribution in [3.8, 4) is 11.5 Å². The van der Waals surface area contributed by atoms with Crippen LogP contribution in [0.15, 0.2) is 58.3 Å². The summed E-state index contributed by atoms with van der Waals surface area (Å²) in [5.41, 5.74) is -0.233. The number of carbonyl (C=O) groups excluding carboxylic acids is 1. The summed E-state index contributed by atoms with van der Waals surface area (Å²) in [6, 6.07) is 12.5. The SMILES string of the molecule is COC(=O)[C@H]1[C@@H]2c3ccccc3O[C@]1(C)N=c1s/c(=C/c3ccc(OC(F)F)cc3)c(=O)n12. The smallest absolute Gasteiger partial charge is 0.387 e. The van der Waals surface area contributed by atoms with Crippen LogP contribution in [0, 0.1) is 5.92 Å². The Bertz CT molecular complexity index is 1420. The first kappa shape index (κ1) is 21.3. The summed E-state index contributed by atoms with van der Waals surface area (Å²) in [5.74, 6) is -0.797. The maximum absolute atomic E-state index is 13.5. The summed E-state index contributed by atoms with van der Waals surface area (Å²) < 4.78 is 42.2. The van der Waals surface area contributed by atoms with Crippen molar-refractivity contribution in [1.82, 2.24) is 4.57 Å². The van der Waals surface area contributed by atoms with Crippen molar-refractivity contribution in [2.24, 2.45) is 10.9 Å². The van der Waals surface area contributed by atoms with Crippen LogP contribution >= 0.6 is 11.3 Å². The predicted molar refractivity (Wildman–Crippen MR) is 115 cm³/mol. The van der Waals surface area contributed by atoms with E-state index >= 15 is 0 Å². The van der Waals surface area contributed by atoms with E-state index < -0.39 is 30.3 Å². The zero-order chi connectivity index (χ0) is 23.3. The van der Waals surface area contributed by atoms with Gasteiger partial charge in [0.15, 0.2) is 4.80 Å². The third-order valence-electron chi connectivity index (χ3n) is 5.74. The van der Waals surface area contributed by atoms with Crippen molar-refractivity contribution in [3.05, 3.63) is 79.3 Å². The lowest BCUT2D eigenvalue weighted by atomic mass is 9.81. The highest BCUT2D eigenvalue weighted by atomic mass is 32.1. The van der Waals surface area contributed by atoms with Gasteiger partial charge in [-0.25, -0.2) is 4.99 Å². The lowest BCUT2D eigenvalue weighted by Crippen LogP contribution is -2.58. The number of aromatic nitrogens is 1. The number of hydrogen-bond donors (Lipinski definition) is 0. The average molecular weight is 472 g/mol. The molecule has 0 saturated carbocycles. The number of rotatable bonds is 4. The van der Waals surface area contributed by atoms with E-state index in [-0.39, 0.29) is 11.3 Å². The number of carbonyl (C=O) groups is 1. The molecule has 2 aromatic carbocycles. The quantitative estimate of drug-likeness (QED) is 0.545. The first-order valence-electron chi connectivity index (χ1n) is 10.0. The van der Waals surface area contributed by atoms with Gasteiger partial charge in [0.25, 0.3) is 5.56 Å². The summed E-state index contributed by atoms with van der Waals surface area (Å²) in [7, 11) is 1.29. The molecule has 1 aromatic heterocycles.